The number of amides is 1. The first-order valence-electron chi connectivity index (χ1n) is 9.56. The lowest BCUT2D eigenvalue weighted by Crippen LogP contribution is -2.35. The van der Waals surface area contributed by atoms with Crippen LogP contribution >= 0.6 is 0 Å². The lowest BCUT2D eigenvalue weighted by molar-refractivity contribution is -0.384. The highest BCUT2D eigenvalue weighted by Crippen LogP contribution is 2.40. The van der Waals surface area contributed by atoms with Crippen molar-refractivity contribution in [3.8, 4) is 5.75 Å². The maximum Gasteiger partial charge on any atom is 0.295 e. The molecule has 1 heterocycles. The van der Waals surface area contributed by atoms with Gasteiger partial charge in [-0.25, -0.2) is 0 Å². The van der Waals surface area contributed by atoms with E-state index < -0.39 is 22.7 Å². The predicted molar refractivity (Wildman–Crippen MR) is 114 cm³/mol. The monoisotopic (exact) mass is 425 g/mol. The van der Waals surface area contributed by atoms with Crippen LogP contribution < -0.4 is 4.74 Å². The van der Waals surface area contributed by atoms with Gasteiger partial charge in [-0.3, -0.25) is 19.7 Å². The van der Waals surface area contributed by atoms with Gasteiger partial charge in [-0.1, -0.05) is 12.1 Å². The number of benzene rings is 2. The molecule has 0 saturated carbocycles. The lowest BCUT2D eigenvalue weighted by Gasteiger charge is -2.26. The zero-order valence-corrected chi connectivity index (χ0v) is 17.4. The standard InChI is InChI=1S/C22H23N3O6/c1-23(2)11-12-24-19(15-5-4-6-16(13-15)25(29)30)18(21(27)22(24)28)20(26)14-7-9-17(31-3)10-8-14/h4-10,13,19,26H,11-12H2,1-3H3. The summed E-state index contributed by atoms with van der Waals surface area (Å²) in [6, 6.07) is 11.2. The molecular weight excluding hydrogens is 402 g/mol. The Labute approximate surface area is 179 Å². The normalized spacial score (nSPS) is 17.9. The van der Waals surface area contributed by atoms with Crippen molar-refractivity contribution >= 4 is 23.1 Å². The number of aliphatic hydroxyl groups excluding tert-OH is 1. The van der Waals surface area contributed by atoms with E-state index in [1.807, 2.05) is 19.0 Å². The summed E-state index contributed by atoms with van der Waals surface area (Å²) in [5.41, 5.74) is 0.443. The minimum atomic E-state index is -0.943. The zero-order valence-electron chi connectivity index (χ0n) is 17.4. The van der Waals surface area contributed by atoms with E-state index in [2.05, 4.69) is 0 Å². The molecule has 1 unspecified atom stereocenters. The molecule has 0 spiro atoms. The molecule has 0 radical (unpaired) electrons. The van der Waals surface area contributed by atoms with E-state index in [1.54, 1.807) is 30.3 Å². The number of hydrogen-bond donors (Lipinski definition) is 1. The number of likely N-dealkylation sites (N-methyl/N-ethyl adjacent to an activating group) is 1. The molecule has 0 bridgehead atoms. The SMILES string of the molecule is COc1ccc(C(O)=C2C(=O)C(=O)N(CCN(C)C)C2c2cccc([N+](=O)[O-])c2)cc1. The molecule has 1 amide bonds. The number of methoxy groups -OCH3 is 1. The fourth-order valence-electron chi connectivity index (χ4n) is 3.48. The third kappa shape index (κ3) is 4.41. The highest BCUT2D eigenvalue weighted by atomic mass is 16.6. The second kappa shape index (κ2) is 8.97. The summed E-state index contributed by atoms with van der Waals surface area (Å²) in [6.45, 7) is 0.686. The summed E-state index contributed by atoms with van der Waals surface area (Å²) in [5, 5.41) is 22.2. The number of hydrogen-bond acceptors (Lipinski definition) is 7. The topological polar surface area (TPSA) is 113 Å². The molecule has 31 heavy (non-hydrogen) atoms. The van der Waals surface area contributed by atoms with E-state index in [1.165, 1.54) is 30.2 Å². The van der Waals surface area contributed by atoms with Gasteiger partial charge < -0.3 is 19.6 Å². The van der Waals surface area contributed by atoms with Crippen LogP contribution in [0.4, 0.5) is 5.69 Å². The molecule has 1 fully saturated rings. The van der Waals surface area contributed by atoms with Gasteiger partial charge in [-0.2, -0.15) is 0 Å². The van der Waals surface area contributed by atoms with Crippen molar-refractivity contribution in [2.75, 3.05) is 34.3 Å². The molecule has 1 aliphatic heterocycles. The van der Waals surface area contributed by atoms with Crippen LogP contribution in [0, 0.1) is 10.1 Å². The van der Waals surface area contributed by atoms with Crippen LogP contribution in [0.25, 0.3) is 5.76 Å². The van der Waals surface area contributed by atoms with Crippen LogP contribution in [0.5, 0.6) is 5.75 Å². The Hall–Kier alpha value is -3.72. The number of nitro groups is 1. The van der Waals surface area contributed by atoms with Gasteiger partial charge in [0.25, 0.3) is 17.4 Å². The van der Waals surface area contributed by atoms with Gasteiger partial charge in [0.2, 0.25) is 0 Å². The average Bonchev–Trinajstić information content (AvgIpc) is 3.02. The molecule has 2 aromatic rings. The second-order valence-electron chi connectivity index (χ2n) is 7.38. The molecule has 1 N–H and O–H groups in total. The minimum Gasteiger partial charge on any atom is -0.507 e. The van der Waals surface area contributed by atoms with Crippen molar-refractivity contribution in [2.24, 2.45) is 0 Å². The minimum absolute atomic E-state index is 0.102. The van der Waals surface area contributed by atoms with Gasteiger partial charge in [0, 0.05) is 30.8 Å². The van der Waals surface area contributed by atoms with Crippen molar-refractivity contribution in [1.82, 2.24) is 9.80 Å². The number of ether oxygens (including phenoxy) is 1. The lowest BCUT2D eigenvalue weighted by atomic mass is 9.95. The van der Waals surface area contributed by atoms with E-state index >= 15 is 0 Å². The first kappa shape index (κ1) is 22.0. The van der Waals surface area contributed by atoms with E-state index in [9.17, 15) is 24.8 Å². The molecule has 1 atom stereocenters. The van der Waals surface area contributed by atoms with Gasteiger partial charge in [0.05, 0.1) is 23.6 Å². The summed E-state index contributed by atoms with van der Waals surface area (Å²) >= 11 is 0. The zero-order chi connectivity index (χ0) is 22.7. The third-order valence-electron chi connectivity index (χ3n) is 5.09. The Kier molecular flexibility index (Phi) is 6.36. The van der Waals surface area contributed by atoms with Gasteiger partial charge in [0.1, 0.15) is 11.5 Å². The number of non-ortho nitro benzene ring substituents is 1. The summed E-state index contributed by atoms with van der Waals surface area (Å²) in [7, 11) is 5.17. The Balaban J connectivity index is 2.16. The van der Waals surface area contributed by atoms with Gasteiger partial charge in [0.15, 0.2) is 0 Å². The van der Waals surface area contributed by atoms with E-state index in [0.717, 1.165) is 0 Å². The number of ketones is 1. The number of carbonyl (C=O) groups excluding carboxylic acids is 2. The molecule has 0 aromatic heterocycles. The van der Waals surface area contributed by atoms with Crippen LogP contribution in [-0.4, -0.2) is 65.8 Å². The van der Waals surface area contributed by atoms with Crippen LogP contribution in [-0.2, 0) is 9.59 Å². The highest BCUT2D eigenvalue weighted by Gasteiger charge is 2.46. The van der Waals surface area contributed by atoms with Crippen molar-refractivity contribution in [3.63, 3.8) is 0 Å². The maximum absolute atomic E-state index is 12.9. The number of Topliss-reactive ketones (excluding diaryl/α,β-unsaturated/α-hetero) is 1. The number of likely N-dealkylation sites (tertiary alicyclic amines) is 1. The highest BCUT2D eigenvalue weighted by molar-refractivity contribution is 6.46. The quantitative estimate of drug-likeness (QED) is 0.238. The fraction of sp³-hybridized carbons (Fsp3) is 0.273. The Morgan fingerprint density at radius 3 is 2.45 bits per heavy atom. The van der Waals surface area contributed by atoms with Crippen molar-refractivity contribution in [2.45, 2.75) is 6.04 Å². The predicted octanol–water partition coefficient (Wildman–Crippen LogP) is 2.59. The Bertz CT molecular complexity index is 1050. The fourth-order valence-corrected chi connectivity index (χ4v) is 3.48. The number of aliphatic hydroxyl groups is 1. The molecular formula is C22H23N3O6. The maximum atomic E-state index is 12.9. The average molecular weight is 425 g/mol. The first-order valence-corrected chi connectivity index (χ1v) is 9.56. The Morgan fingerprint density at radius 1 is 1.19 bits per heavy atom. The molecule has 0 aliphatic carbocycles. The van der Waals surface area contributed by atoms with Crippen molar-refractivity contribution < 1.29 is 24.4 Å². The molecule has 1 saturated heterocycles. The van der Waals surface area contributed by atoms with Gasteiger partial charge in [-0.05, 0) is 43.9 Å². The summed E-state index contributed by atoms with van der Waals surface area (Å²) in [5.74, 6) is -1.36. The smallest absolute Gasteiger partial charge is 0.295 e. The van der Waals surface area contributed by atoms with Gasteiger partial charge in [-0.15, -0.1) is 0 Å². The van der Waals surface area contributed by atoms with E-state index in [0.29, 0.717) is 23.4 Å². The molecule has 9 heteroatoms. The van der Waals surface area contributed by atoms with Crippen LogP contribution in [0.3, 0.4) is 0 Å². The second-order valence-corrected chi connectivity index (χ2v) is 7.38. The summed E-state index contributed by atoms with van der Waals surface area (Å²) in [6.07, 6.45) is 0. The van der Waals surface area contributed by atoms with Gasteiger partial charge >= 0.3 is 0 Å². The van der Waals surface area contributed by atoms with Crippen LogP contribution in [0.2, 0.25) is 0 Å². The van der Waals surface area contributed by atoms with Crippen molar-refractivity contribution in [1.29, 1.82) is 0 Å². The van der Waals surface area contributed by atoms with Crippen molar-refractivity contribution in [3.05, 3.63) is 75.3 Å². The number of nitro benzene ring substituents is 1. The van der Waals surface area contributed by atoms with E-state index in [-0.39, 0.29) is 23.6 Å². The number of carbonyl (C=O) groups is 2. The molecule has 1 aliphatic rings. The first-order chi connectivity index (χ1) is 14.7. The summed E-state index contributed by atoms with van der Waals surface area (Å²) in [4.78, 5) is 39.7. The largest absolute Gasteiger partial charge is 0.507 e. The van der Waals surface area contributed by atoms with Crippen LogP contribution in [0.15, 0.2) is 54.1 Å². The molecule has 3 rings (SSSR count). The molecule has 2 aromatic carbocycles. The molecule has 162 valence electrons. The number of nitrogens with zero attached hydrogens (tertiary/aromatic N) is 3. The number of rotatable bonds is 7. The van der Waals surface area contributed by atoms with E-state index in [4.69, 9.17) is 4.74 Å². The third-order valence-corrected chi connectivity index (χ3v) is 5.09. The van der Waals surface area contributed by atoms with Crippen LogP contribution in [0.1, 0.15) is 17.2 Å². The molecule has 9 nitrogen and oxygen atoms in total. The summed E-state index contributed by atoms with van der Waals surface area (Å²) < 4.78 is 5.11. The Morgan fingerprint density at radius 2 is 1.87 bits per heavy atom.